The highest BCUT2D eigenvalue weighted by molar-refractivity contribution is 7.74. The van der Waals surface area contributed by atoms with Crippen molar-refractivity contribution in [3.05, 3.63) is 53.3 Å². The average molecular weight is 346 g/mol. The number of hydrogen-bond donors (Lipinski definition) is 1. The van der Waals surface area contributed by atoms with Gasteiger partial charge in [0, 0.05) is 5.57 Å². The van der Waals surface area contributed by atoms with E-state index in [0.717, 1.165) is 11.1 Å². The fraction of sp³-hybridized carbons (Fsp3) is 0.450. The normalized spacial score (nSPS) is 19.3. The average Bonchev–Trinajstić information content (AvgIpc) is 2.44. The third-order valence-corrected chi connectivity index (χ3v) is 5.12. The molecule has 0 spiro atoms. The van der Waals surface area contributed by atoms with E-state index in [1.54, 1.807) is 0 Å². The van der Waals surface area contributed by atoms with Gasteiger partial charge in [0.25, 0.3) is 0 Å². The lowest BCUT2D eigenvalue weighted by Crippen LogP contribution is -2.36. The Balaban J connectivity index is 2.88. The maximum absolute atomic E-state index is 12.1. The first-order chi connectivity index (χ1) is 10.9. The van der Waals surface area contributed by atoms with Gasteiger partial charge >= 0.3 is 0 Å². The quantitative estimate of drug-likeness (QED) is 0.753. The fourth-order valence-corrected chi connectivity index (χ4v) is 4.17. The van der Waals surface area contributed by atoms with Crippen molar-refractivity contribution in [1.82, 2.24) is 0 Å². The number of aliphatic hydroxyl groups is 1. The Morgan fingerprint density at radius 3 is 1.92 bits per heavy atom. The monoisotopic (exact) mass is 346 g/mol. The summed E-state index contributed by atoms with van der Waals surface area (Å²) in [5.41, 5.74) is 1.59. The fourth-order valence-electron chi connectivity index (χ4n) is 3.16. The third-order valence-electron chi connectivity index (χ3n) is 4.30. The highest BCUT2D eigenvalue weighted by atomic mass is 32.2. The Morgan fingerprint density at radius 1 is 0.958 bits per heavy atom. The van der Waals surface area contributed by atoms with Gasteiger partial charge < -0.3 is 5.11 Å². The van der Waals surface area contributed by atoms with E-state index >= 15 is 0 Å². The first-order valence-electron chi connectivity index (χ1n) is 8.12. The van der Waals surface area contributed by atoms with Crippen LogP contribution >= 0.6 is 0 Å². The van der Waals surface area contributed by atoms with Crippen molar-refractivity contribution in [3.8, 4) is 0 Å². The van der Waals surface area contributed by atoms with E-state index in [0.29, 0.717) is 5.57 Å². The van der Waals surface area contributed by atoms with Crippen LogP contribution < -0.4 is 0 Å². The first-order valence-corrected chi connectivity index (χ1v) is 9.19. The molecule has 2 rings (SSSR count). The largest absolute Gasteiger partial charge is 0.511 e. The SMILES string of the molecule is CC(C)(C)C1=C(O)C(C(C)(C)C)C(=S(=O)=O)C(c2ccccc2)=C1. The summed E-state index contributed by atoms with van der Waals surface area (Å²) in [4.78, 5) is 0.263. The molecule has 0 aromatic heterocycles. The molecule has 1 atom stereocenters. The topological polar surface area (TPSA) is 54.4 Å². The van der Waals surface area contributed by atoms with Crippen LogP contribution in [0.25, 0.3) is 5.57 Å². The molecule has 0 fully saturated rings. The lowest BCUT2D eigenvalue weighted by Gasteiger charge is -2.37. The second-order valence-electron chi connectivity index (χ2n) is 8.37. The van der Waals surface area contributed by atoms with Gasteiger partial charge in [-0.1, -0.05) is 71.9 Å². The molecule has 130 valence electrons. The van der Waals surface area contributed by atoms with Gasteiger partial charge in [-0.2, -0.15) is 8.42 Å². The minimum atomic E-state index is -2.42. The molecule has 0 saturated carbocycles. The Bertz CT molecular complexity index is 819. The van der Waals surface area contributed by atoms with E-state index in [2.05, 4.69) is 0 Å². The van der Waals surface area contributed by atoms with E-state index in [4.69, 9.17) is 0 Å². The molecule has 3 nitrogen and oxygen atoms in total. The summed E-state index contributed by atoms with van der Waals surface area (Å²) in [6.07, 6.45) is 1.83. The van der Waals surface area contributed by atoms with Crippen LogP contribution in [0.5, 0.6) is 0 Å². The zero-order chi connectivity index (χ0) is 18.3. The molecule has 0 bridgehead atoms. The van der Waals surface area contributed by atoms with E-state index in [9.17, 15) is 13.5 Å². The van der Waals surface area contributed by atoms with Gasteiger partial charge in [-0.15, -0.1) is 0 Å². The van der Waals surface area contributed by atoms with Crippen molar-refractivity contribution < 1.29 is 13.5 Å². The van der Waals surface area contributed by atoms with Crippen molar-refractivity contribution in [2.45, 2.75) is 41.5 Å². The van der Waals surface area contributed by atoms with Crippen LogP contribution in [-0.4, -0.2) is 18.4 Å². The van der Waals surface area contributed by atoms with Gasteiger partial charge in [0.2, 0.25) is 10.3 Å². The van der Waals surface area contributed by atoms with Crippen molar-refractivity contribution in [3.63, 3.8) is 0 Å². The Morgan fingerprint density at radius 2 is 1.50 bits per heavy atom. The zero-order valence-electron chi connectivity index (χ0n) is 15.2. The number of aliphatic hydroxyl groups excluding tert-OH is 1. The van der Waals surface area contributed by atoms with Crippen LogP contribution in [0, 0.1) is 16.7 Å². The number of allylic oxidation sites excluding steroid dienone is 4. The first kappa shape index (κ1) is 18.5. The molecule has 1 aromatic carbocycles. The molecular weight excluding hydrogens is 320 g/mol. The van der Waals surface area contributed by atoms with Crippen LogP contribution in [0.4, 0.5) is 0 Å². The van der Waals surface area contributed by atoms with E-state index in [-0.39, 0.29) is 16.0 Å². The Kier molecular flexibility index (Phi) is 4.82. The van der Waals surface area contributed by atoms with Gasteiger partial charge in [-0.25, -0.2) is 0 Å². The van der Waals surface area contributed by atoms with Crippen LogP contribution in [0.15, 0.2) is 47.7 Å². The standard InChI is InChI=1S/C20H26O3S/c1-19(2,3)15-12-14(13-10-8-7-9-11-13)18(24(22)23)16(17(15)21)20(4,5)6/h7-12,16,21H,1-6H3. The lowest BCUT2D eigenvalue weighted by atomic mass is 9.68. The van der Waals surface area contributed by atoms with Crippen molar-refractivity contribution in [2.75, 3.05) is 0 Å². The summed E-state index contributed by atoms with van der Waals surface area (Å²) in [7, 11) is -2.42. The second-order valence-corrected chi connectivity index (χ2v) is 9.28. The van der Waals surface area contributed by atoms with Gasteiger partial charge in [0.15, 0.2) is 0 Å². The van der Waals surface area contributed by atoms with Gasteiger partial charge in [0.1, 0.15) is 5.76 Å². The molecule has 1 N–H and O–H groups in total. The summed E-state index contributed by atoms with van der Waals surface area (Å²) in [6.45, 7) is 11.9. The summed E-state index contributed by atoms with van der Waals surface area (Å²) >= 11 is 0. The molecule has 1 aliphatic rings. The van der Waals surface area contributed by atoms with Crippen molar-refractivity contribution in [2.24, 2.45) is 16.7 Å². The van der Waals surface area contributed by atoms with Crippen LogP contribution in [0.1, 0.15) is 47.1 Å². The molecule has 0 radical (unpaired) electrons. The molecule has 0 heterocycles. The molecule has 1 unspecified atom stereocenters. The number of rotatable bonds is 1. The molecule has 1 aliphatic carbocycles. The van der Waals surface area contributed by atoms with Crippen LogP contribution in [0.3, 0.4) is 0 Å². The van der Waals surface area contributed by atoms with Gasteiger partial charge in [-0.3, -0.25) is 0 Å². The highest BCUT2D eigenvalue weighted by Gasteiger charge is 2.41. The maximum Gasteiger partial charge on any atom is 0.218 e. The maximum atomic E-state index is 12.1. The van der Waals surface area contributed by atoms with Gasteiger partial charge in [-0.05, 0) is 28.0 Å². The molecule has 1 aromatic rings. The number of benzene rings is 1. The van der Waals surface area contributed by atoms with E-state index < -0.39 is 21.6 Å². The molecule has 0 aliphatic heterocycles. The summed E-state index contributed by atoms with van der Waals surface area (Å²) in [6, 6.07) is 9.49. The highest BCUT2D eigenvalue weighted by Crippen LogP contribution is 2.45. The summed E-state index contributed by atoms with van der Waals surface area (Å²) < 4.78 is 24.2. The lowest BCUT2D eigenvalue weighted by molar-refractivity contribution is 0.246. The molecule has 0 amide bonds. The predicted octanol–water partition coefficient (Wildman–Crippen LogP) is 4.66. The smallest absolute Gasteiger partial charge is 0.218 e. The van der Waals surface area contributed by atoms with E-state index in [1.165, 1.54) is 0 Å². The second kappa shape index (κ2) is 6.25. The molecule has 4 heteroatoms. The van der Waals surface area contributed by atoms with Crippen LogP contribution in [0.2, 0.25) is 0 Å². The molecule has 0 saturated heterocycles. The minimum Gasteiger partial charge on any atom is -0.511 e. The predicted molar refractivity (Wildman–Crippen MR) is 100 cm³/mol. The minimum absolute atomic E-state index is 0.161. The van der Waals surface area contributed by atoms with Crippen LogP contribution in [-0.2, 0) is 10.3 Å². The van der Waals surface area contributed by atoms with Crippen molar-refractivity contribution >= 4 is 20.7 Å². The molecule has 24 heavy (non-hydrogen) atoms. The Hall–Kier alpha value is -1.81. The summed E-state index contributed by atoms with van der Waals surface area (Å²) in [5, 5.41) is 10.9. The third kappa shape index (κ3) is 3.48. The molecular formula is C20H26O3S. The van der Waals surface area contributed by atoms with Gasteiger partial charge in [0.05, 0.1) is 10.8 Å². The summed E-state index contributed by atoms with van der Waals surface area (Å²) in [5.74, 6) is -0.404. The van der Waals surface area contributed by atoms with E-state index in [1.807, 2.05) is 78.0 Å². The zero-order valence-corrected chi connectivity index (χ0v) is 16.0. The Labute approximate surface area is 146 Å². The number of hydrogen-bond acceptors (Lipinski definition) is 3. The van der Waals surface area contributed by atoms with Crippen molar-refractivity contribution in [1.29, 1.82) is 0 Å².